The van der Waals surface area contributed by atoms with Crippen molar-refractivity contribution in [2.24, 2.45) is 5.16 Å². The van der Waals surface area contributed by atoms with Gasteiger partial charge in [-0.05, 0) is 57.5 Å². The quantitative estimate of drug-likeness (QED) is 0.327. The fraction of sp³-hybridized carbons (Fsp3) is 0.517. The van der Waals surface area contributed by atoms with E-state index in [-0.39, 0.29) is 6.10 Å². The molecule has 0 saturated carbocycles. The number of hydrogen-bond acceptors (Lipinski definition) is 9. The van der Waals surface area contributed by atoms with Gasteiger partial charge in [-0.3, -0.25) is 0 Å². The molecule has 2 bridgehead atoms. The second-order valence-electron chi connectivity index (χ2n) is 9.46. The number of fused-ring (bicyclic) bond motifs is 2. The van der Waals surface area contributed by atoms with Crippen LogP contribution in [0.4, 0.5) is 0 Å². The van der Waals surface area contributed by atoms with Gasteiger partial charge in [-0.2, -0.15) is 0 Å². The van der Waals surface area contributed by atoms with E-state index in [9.17, 15) is 4.79 Å². The summed E-state index contributed by atoms with van der Waals surface area (Å²) in [7, 11) is 7.28. The van der Waals surface area contributed by atoms with Crippen LogP contribution in [0.2, 0.25) is 0 Å². The van der Waals surface area contributed by atoms with Crippen molar-refractivity contribution in [3.8, 4) is 17.2 Å². The lowest BCUT2D eigenvalue weighted by Gasteiger charge is -2.23. The molecule has 9 heteroatoms. The lowest BCUT2D eigenvalue weighted by Crippen LogP contribution is -2.33. The molecule has 9 nitrogen and oxygen atoms in total. The van der Waals surface area contributed by atoms with E-state index in [0.29, 0.717) is 36.0 Å². The smallest absolute Gasteiger partial charge is 0.338 e. The number of cyclic esters (lactones) is 1. The Hall–Kier alpha value is -3.30. The summed E-state index contributed by atoms with van der Waals surface area (Å²) in [6.07, 6.45) is 4.78. The fourth-order valence-corrected chi connectivity index (χ4v) is 4.13. The maximum absolute atomic E-state index is 12.7. The Morgan fingerprint density at radius 2 is 1.63 bits per heavy atom. The average Bonchev–Trinajstić information content (AvgIpc) is 2.94. The topological polar surface area (TPSA) is 82.1 Å². The molecule has 2 aromatic carbocycles. The van der Waals surface area contributed by atoms with Gasteiger partial charge in [0.1, 0.15) is 6.10 Å². The molecule has 0 aromatic heterocycles. The van der Waals surface area contributed by atoms with Gasteiger partial charge in [0.15, 0.2) is 11.5 Å². The van der Waals surface area contributed by atoms with Gasteiger partial charge in [-0.25, -0.2) is 4.79 Å². The van der Waals surface area contributed by atoms with Gasteiger partial charge in [0.2, 0.25) is 5.75 Å². The predicted molar refractivity (Wildman–Crippen MR) is 148 cm³/mol. The van der Waals surface area contributed by atoms with Crippen molar-refractivity contribution < 1.29 is 28.6 Å². The third-order valence-electron chi connectivity index (χ3n) is 6.43. The first-order valence-corrected chi connectivity index (χ1v) is 13.2. The standard InChI is InChI=1S/C29H41N3O6/c1-31-14-9-19-37-29(33)24-20-26(34-3)28(35-4)27(21-24)36-18-8-12-25(13-15-32(2)17-16-31)38-30-22-23-10-6-5-7-11-23/h5-7,10-11,20-22,25H,8-9,12-19H2,1-4H3/b30-22+. The molecular formula is C29H41N3O6. The van der Waals surface area contributed by atoms with Crippen molar-refractivity contribution >= 4 is 12.2 Å². The van der Waals surface area contributed by atoms with Crippen LogP contribution in [-0.2, 0) is 9.57 Å². The number of esters is 1. The summed E-state index contributed by atoms with van der Waals surface area (Å²) in [6.45, 7) is 4.35. The van der Waals surface area contributed by atoms with Crippen LogP contribution in [0.15, 0.2) is 47.6 Å². The SMILES string of the molecule is COc1cc2cc(c1OC)OCCCC(O/N=C/c1ccccc1)CCN(C)CCN(C)CCCOC2=O. The highest BCUT2D eigenvalue weighted by molar-refractivity contribution is 5.91. The van der Waals surface area contributed by atoms with Crippen LogP contribution in [0.5, 0.6) is 17.2 Å². The molecule has 0 saturated heterocycles. The van der Waals surface area contributed by atoms with Crippen molar-refractivity contribution in [2.45, 2.75) is 31.8 Å². The van der Waals surface area contributed by atoms with Gasteiger partial charge in [-0.1, -0.05) is 35.5 Å². The Morgan fingerprint density at radius 3 is 2.37 bits per heavy atom. The van der Waals surface area contributed by atoms with Crippen molar-refractivity contribution in [3.05, 3.63) is 53.6 Å². The number of carbonyl (C=O) groups is 1. The van der Waals surface area contributed by atoms with Crippen LogP contribution in [0, 0.1) is 0 Å². The Labute approximate surface area is 226 Å². The van der Waals surface area contributed by atoms with Crippen LogP contribution >= 0.6 is 0 Å². The lowest BCUT2D eigenvalue weighted by molar-refractivity contribution is 0.0373. The predicted octanol–water partition coefficient (Wildman–Crippen LogP) is 4.10. The first-order valence-electron chi connectivity index (χ1n) is 13.2. The molecule has 0 fully saturated rings. The Kier molecular flexibility index (Phi) is 12.2. The van der Waals surface area contributed by atoms with Crippen LogP contribution < -0.4 is 14.2 Å². The van der Waals surface area contributed by atoms with Crippen LogP contribution in [0.25, 0.3) is 0 Å². The van der Waals surface area contributed by atoms with E-state index >= 15 is 0 Å². The zero-order valence-corrected chi connectivity index (χ0v) is 23.1. The number of rotatable bonds is 5. The number of benzene rings is 2. The number of ether oxygens (including phenoxy) is 4. The first-order chi connectivity index (χ1) is 18.5. The van der Waals surface area contributed by atoms with E-state index in [1.54, 1.807) is 25.5 Å². The van der Waals surface area contributed by atoms with Crippen molar-refractivity contribution in [3.63, 3.8) is 0 Å². The van der Waals surface area contributed by atoms with Crippen LogP contribution in [0.3, 0.4) is 0 Å². The molecule has 0 radical (unpaired) electrons. The summed E-state index contributed by atoms with van der Waals surface area (Å²) in [5.74, 6) is 0.886. The highest BCUT2D eigenvalue weighted by Gasteiger charge is 2.19. The molecule has 1 atom stereocenters. The number of methoxy groups -OCH3 is 2. The van der Waals surface area contributed by atoms with Gasteiger partial charge in [-0.15, -0.1) is 0 Å². The van der Waals surface area contributed by atoms with E-state index in [1.807, 2.05) is 30.3 Å². The van der Waals surface area contributed by atoms with E-state index in [2.05, 4.69) is 29.1 Å². The largest absolute Gasteiger partial charge is 0.493 e. The zero-order valence-electron chi connectivity index (χ0n) is 23.1. The highest BCUT2D eigenvalue weighted by Crippen LogP contribution is 2.38. The van der Waals surface area contributed by atoms with Crippen LogP contribution in [-0.4, -0.2) is 95.8 Å². The van der Waals surface area contributed by atoms with E-state index < -0.39 is 5.97 Å². The van der Waals surface area contributed by atoms with Crippen LogP contribution in [0.1, 0.15) is 41.6 Å². The maximum atomic E-state index is 12.7. The minimum Gasteiger partial charge on any atom is -0.493 e. The molecule has 1 heterocycles. The summed E-state index contributed by atoms with van der Waals surface area (Å²) in [4.78, 5) is 23.2. The molecule has 0 amide bonds. The summed E-state index contributed by atoms with van der Waals surface area (Å²) in [5.41, 5.74) is 1.36. The summed E-state index contributed by atoms with van der Waals surface area (Å²) in [6, 6.07) is 13.2. The summed E-state index contributed by atoms with van der Waals surface area (Å²) >= 11 is 0. The first kappa shape index (κ1) is 29.3. The number of oxime groups is 1. The van der Waals surface area contributed by atoms with Gasteiger partial charge in [0.05, 0.1) is 39.2 Å². The molecule has 0 N–H and O–H groups in total. The Morgan fingerprint density at radius 1 is 0.895 bits per heavy atom. The molecule has 2 aromatic rings. The maximum Gasteiger partial charge on any atom is 0.338 e. The molecule has 0 spiro atoms. The summed E-state index contributed by atoms with van der Waals surface area (Å²) in [5, 5.41) is 4.26. The molecule has 208 valence electrons. The molecule has 1 unspecified atom stereocenters. The minimum atomic E-state index is -0.416. The number of carbonyl (C=O) groups excluding carboxylic acids is 1. The monoisotopic (exact) mass is 527 g/mol. The third kappa shape index (κ3) is 9.54. The van der Waals surface area contributed by atoms with E-state index in [4.69, 9.17) is 23.8 Å². The fourth-order valence-electron chi connectivity index (χ4n) is 4.13. The molecule has 1 aliphatic rings. The molecular weight excluding hydrogens is 486 g/mol. The van der Waals surface area contributed by atoms with Gasteiger partial charge in [0, 0.05) is 26.2 Å². The zero-order chi connectivity index (χ0) is 27.2. The third-order valence-corrected chi connectivity index (χ3v) is 6.43. The Bertz CT molecular complexity index is 1020. The minimum absolute atomic E-state index is 0.0569. The van der Waals surface area contributed by atoms with E-state index in [0.717, 1.165) is 57.4 Å². The highest BCUT2D eigenvalue weighted by atomic mass is 16.6. The second kappa shape index (κ2) is 15.8. The number of likely N-dealkylation sites (N-methyl/N-ethyl adjacent to an activating group) is 2. The van der Waals surface area contributed by atoms with Crippen molar-refractivity contribution in [1.29, 1.82) is 0 Å². The van der Waals surface area contributed by atoms with Gasteiger partial charge >= 0.3 is 5.97 Å². The molecule has 3 rings (SSSR count). The van der Waals surface area contributed by atoms with E-state index in [1.165, 1.54) is 7.11 Å². The van der Waals surface area contributed by atoms with Gasteiger partial charge < -0.3 is 33.6 Å². The number of nitrogens with zero attached hydrogens (tertiary/aromatic N) is 3. The lowest BCUT2D eigenvalue weighted by atomic mass is 10.1. The molecule has 38 heavy (non-hydrogen) atoms. The number of hydrogen-bond donors (Lipinski definition) is 0. The van der Waals surface area contributed by atoms with Crippen molar-refractivity contribution in [1.82, 2.24) is 9.80 Å². The Balaban J connectivity index is 1.73. The second-order valence-corrected chi connectivity index (χ2v) is 9.46. The van der Waals surface area contributed by atoms with Gasteiger partial charge in [0.25, 0.3) is 0 Å². The summed E-state index contributed by atoms with van der Waals surface area (Å²) < 4.78 is 22.5. The molecule has 1 aliphatic heterocycles. The normalized spacial score (nSPS) is 19.5. The van der Waals surface area contributed by atoms with Crippen molar-refractivity contribution in [2.75, 3.05) is 67.7 Å². The molecule has 0 aliphatic carbocycles. The average molecular weight is 528 g/mol.